The zero-order valence-electron chi connectivity index (χ0n) is 8.73. The zero-order valence-corrected chi connectivity index (χ0v) is 8.73. The Bertz CT molecular complexity index is 357. The fourth-order valence-electron chi connectivity index (χ4n) is 1.87. The van der Waals surface area contributed by atoms with Crippen molar-refractivity contribution in [2.24, 2.45) is 0 Å². The number of carboxylic acids is 1. The number of aliphatic carboxylic acids is 1. The van der Waals surface area contributed by atoms with Crippen molar-refractivity contribution < 1.29 is 9.90 Å². The minimum atomic E-state index is -0.794. The average Bonchev–Trinajstić information content (AvgIpc) is 3.00. The lowest BCUT2D eigenvalue weighted by Gasteiger charge is -2.20. The summed E-state index contributed by atoms with van der Waals surface area (Å²) in [7, 11) is 0. The van der Waals surface area contributed by atoms with Crippen LogP contribution in [0.2, 0.25) is 0 Å². The van der Waals surface area contributed by atoms with Crippen LogP contribution in [-0.2, 0) is 10.3 Å². The molecular formula is C12H15NO2. The third-order valence-electron chi connectivity index (χ3n) is 2.94. The molecule has 0 radical (unpaired) electrons. The zero-order chi connectivity index (χ0) is 10.9. The van der Waals surface area contributed by atoms with Crippen molar-refractivity contribution in [3.8, 4) is 0 Å². The lowest BCUT2D eigenvalue weighted by atomic mass is 10.0. The smallest absolute Gasteiger partial charge is 0.320 e. The van der Waals surface area contributed by atoms with Gasteiger partial charge in [0.2, 0.25) is 0 Å². The first-order valence-corrected chi connectivity index (χ1v) is 5.20. The summed E-state index contributed by atoms with van der Waals surface area (Å²) in [5.41, 5.74) is 1.11. The van der Waals surface area contributed by atoms with Gasteiger partial charge in [0, 0.05) is 5.54 Å². The fourth-order valence-corrected chi connectivity index (χ4v) is 1.87. The van der Waals surface area contributed by atoms with Gasteiger partial charge in [0.15, 0.2) is 0 Å². The monoisotopic (exact) mass is 205 g/mol. The molecule has 0 aliphatic heterocycles. The molecule has 3 heteroatoms. The van der Waals surface area contributed by atoms with Gasteiger partial charge in [-0.1, -0.05) is 30.3 Å². The molecule has 2 rings (SSSR count). The Labute approximate surface area is 89.1 Å². The molecule has 3 nitrogen and oxygen atoms in total. The molecule has 80 valence electrons. The normalized spacial score (nSPS) is 19.5. The summed E-state index contributed by atoms with van der Waals surface area (Å²) in [6.07, 6.45) is 2.04. The first-order valence-electron chi connectivity index (χ1n) is 5.20. The van der Waals surface area contributed by atoms with E-state index in [9.17, 15) is 4.79 Å². The van der Waals surface area contributed by atoms with Gasteiger partial charge in [0.05, 0.1) is 0 Å². The van der Waals surface area contributed by atoms with E-state index in [-0.39, 0.29) is 5.54 Å². The predicted octanol–water partition coefficient (Wildman–Crippen LogP) is 1.74. The lowest BCUT2D eigenvalue weighted by molar-refractivity contribution is -0.139. The fraction of sp³-hybridized carbons (Fsp3) is 0.417. The van der Waals surface area contributed by atoms with Crippen LogP contribution in [0, 0.1) is 0 Å². The first kappa shape index (κ1) is 10.2. The largest absolute Gasteiger partial charge is 0.480 e. The highest BCUT2D eigenvalue weighted by molar-refractivity contribution is 5.73. The molecule has 15 heavy (non-hydrogen) atoms. The summed E-state index contributed by atoms with van der Waals surface area (Å²) in [6, 6.07) is 9.56. The molecule has 1 saturated carbocycles. The van der Waals surface area contributed by atoms with E-state index in [2.05, 4.69) is 17.4 Å². The van der Waals surface area contributed by atoms with Crippen LogP contribution in [0.25, 0.3) is 0 Å². The summed E-state index contributed by atoms with van der Waals surface area (Å²) in [4.78, 5) is 10.8. The lowest BCUT2D eigenvalue weighted by Crippen LogP contribution is -2.41. The van der Waals surface area contributed by atoms with Crippen LogP contribution in [0.5, 0.6) is 0 Å². The number of rotatable bonds is 4. The molecule has 1 aromatic rings. The van der Waals surface area contributed by atoms with Crippen molar-refractivity contribution in [1.82, 2.24) is 5.32 Å². The highest BCUT2D eigenvalue weighted by atomic mass is 16.4. The third kappa shape index (κ3) is 2.02. The highest BCUT2D eigenvalue weighted by Gasteiger charge is 2.45. The molecular weight excluding hydrogens is 190 g/mol. The van der Waals surface area contributed by atoms with E-state index in [1.54, 1.807) is 6.92 Å². The Morgan fingerprint density at radius 1 is 1.40 bits per heavy atom. The van der Waals surface area contributed by atoms with Gasteiger partial charge in [0.1, 0.15) is 6.04 Å². The number of hydrogen-bond donors (Lipinski definition) is 2. The summed E-state index contributed by atoms with van der Waals surface area (Å²) in [5.74, 6) is -0.794. The standard InChI is InChI=1S/C12H15NO2/c1-9(11(14)15)13-12(7-8-12)10-5-3-2-4-6-10/h2-6,9,13H,7-8H2,1H3,(H,14,15)/t9-/m0/s1. The summed E-state index contributed by atoms with van der Waals surface area (Å²) < 4.78 is 0. The number of hydrogen-bond acceptors (Lipinski definition) is 2. The average molecular weight is 205 g/mol. The van der Waals surface area contributed by atoms with Crippen molar-refractivity contribution in [2.45, 2.75) is 31.3 Å². The minimum Gasteiger partial charge on any atom is -0.480 e. The van der Waals surface area contributed by atoms with Crippen molar-refractivity contribution in [2.75, 3.05) is 0 Å². The molecule has 1 atom stereocenters. The van der Waals surface area contributed by atoms with Crippen LogP contribution in [0.3, 0.4) is 0 Å². The van der Waals surface area contributed by atoms with Gasteiger partial charge in [-0.15, -0.1) is 0 Å². The van der Waals surface area contributed by atoms with E-state index in [0.29, 0.717) is 0 Å². The van der Waals surface area contributed by atoms with E-state index in [1.165, 1.54) is 5.56 Å². The third-order valence-corrected chi connectivity index (χ3v) is 2.94. The Balaban J connectivity index is 2.12. The van der Waals surface area contributed by atoms with Crippen LogP contribution in [0.15, 0.2) is 30.3 Å². The quantitative estimate of drug-likeness (QED) is 0.787. The van der Waals surface area contributed by atoms with E-state index < -0.39 is 12.0 Å². The molecule has 0 amide bonds. The van der Waals surface area contributed by atoms with Crippen LogP contribution in [0.1, 0.15) is 25.3 Å². The van der Waals surface area contributed by atoms with Gasteiger partial charge in [-0.2, -0.15) is 0 Å². The van der Waals surface area contributed by atoms with Crippen molar-refractivity contribution >= 4 is 5.97 Å². The van der Waals surface area contributed by atoms with Crippen LogP contribution in [0.4, 0.5) is 0 Å². The number of benzene rings is 1. The topological polar surface area (TPSA) is 49.3 Å². The molecule has 1 fully saturated rings. The first-order chi connectivity index (χ1) is 7.14. The highest BCUT2D eigenvalue weighted by Crippen LogP contribution is 2.45. The van der Waals surface area contributed by atoms with Crippen LogP contribution < -0.4 is 5.32 Å². The maximum atomic E-state index is 10.8. The number of carboxylic acid groups (broad SMARTS) is 1. The SMILES string of the molecule is C[C@H](NC1(c2ccccc2)CC1)C(=O)O. The molecule has 0 saturated heterocycles. The summed E-state index contributed by atoms with van der Waals surface area (Å²) >= 11 is 0. The molecule has 0 heterocycles. The molecule has 2 N–H and O–H groups in total. The second-order valence-corrected chi connectivity index (χ2v) is 4.15. The Morgan fingerprint density at radius 2 is 2.00 bits per heavy atom. The maximum Gasteiger partial charge on any atom is 0.320 e. The van der Waals surface area contributed by atoms with Gasteiger partial charge in [-0.25, -0.2) is 0 Å². The molecule has 0 spiro atoms. The van der Waals surface area contributed by atoms with Crippen LogP contribution in [-0.4, -0.2) is 17.1 Å². The van der Waals surface area contributed by atoms with Gasteiger partial charge in [-0.3, -0.25) is 10.1 Å². The maximum absolute atomic E-state index is 10.8. The van der Waals surface area contributed by atoms with E-state index in [0.717, 1.165) is 12.8 Å². The second-order valence-electron chi connectivity index (χ2n) is 4.15. The van der Waals surface area contributed by atoms with Gasteiger partial charge < -0.3 is 5.11 Å². The predicted molar refractivity (Wildman–Crippen MR) is 57.6 cm³/mol. The molecule has 1 aromatic carbocycles. The Hall–Kier alpha value is -1.35. The molecule has 0 unspecified atom stereocenters. The Morgan fingerprint density at radius 3 is 2.47 bits per heavy atom. The minimum absolute atomic E-state index is 0.0843. The molecule has 1 aliphatic carbocycles. The van der Waals surface area contributed by atoms with Gasteiger partial charge >= 0.3 is 5.97 Å². The van der Waals surface area contributed by atoms with Gasteiger partial charge in [0.25, 0.3) is 0 Å². The molecule has 0 bridgehead atoms. The van der Waals surface area contributed by atoms with E-state index in [4.69, 9.17) is 5.11 Å². The van der Waals surface area contributed by atoms with Crippen molar-refractivity contribution in [3.63, 3.8) is 0 Å². The number of nitrogens with one attached hydrogen (secondary N) is 1. The second kappa shape index (κ2) is 3.66. The summed E-state index contributed by atoms with van der Waals surface area (Å²) in [5, 5.41) is 12.0. The van der Waals surface area contributed by atoms with Crippen LogP contribution >= 0.6 is 0 Å². The summed E-state index contributed by atoms with van der Waals surface area (Å²) in [6.45, 7) is 1.69. The van der Waals surface area contributed by atoms with E-state index >= 15 is 0 Å². The van der Waals surface area contributed by atoms with Crippen molar-refractivity contribution in [3.05, 3.63) is 35.9 Å². The van der Waals surface area contributed by atoms with Crippen molar-refractivity contribution in [1.29, 1.82) is 0 Å². The van der Waals surface area contributed by atoms with E-state index in [1.807, 2.05) is 18.2 Å². The number of carbonyl (C=O) groups is 1. The van der Waals surface area contributed by atoms with Gasteiger partial charge in [-0.05, 0) is 25.3 Å². The Kier molecular flexibility index (Phi) is 2.49. The molecule has 0 aromatic heterocycles. The molecule has 1 aliphatic rings.